The number of benzene rings is 3. The maximum absolute atomic E-state index is 13.1. The molecule has 3 aromatic heterocycles. The summed E-state index contributed by atoms with van der Waals surface area (Å²) in [5.41, 5.74) is 8.85. The van der Waals surface area contributed by atoms with Crippen molar-refractivity contribution in [1.82, 2.24) is 44.9 Å². The normalized spacial score (nSPS) is 16.8. The molecule has 6 aromatic rings. The zero-order chi connectivity index (χ0) is 73.1. The number of H-pyrrole nitrogens is 3. The Morgan fingerprint density at radius 3 is 1.46 bits per heavy atom. The summed E-state index contributed by atoms with van der Waals surface area (Å²) in [6.07, 6.45) is 15.6. The van der Waals surface area contributed by atoms with Crippen LogP contribution in [0.5, 0.6) is 0 Å². The van der Waals surface area contributed by atoms with Crippen LogP contribution in [0.1, 0.15) is 182 Å². The van der Waals surface area contributed by atoms with E-state index in [2.05, 4.69) is 172 Å². The fourth-order valence-electron chi connectivity index (χ4n) is 14.4. The number of hydrogen-bond acceptors (Lipinski definition) is 14. The van der Waals surface area contributed by atoms with Gasteiger partial charge in [0.1, 0.15) is 0 Å². The van der Waals surface area contributed by atoms with E-state index in [-0.39, 0.29) is 58.0 Å². The minimum absolute atomic E-state index is 0.132. The van der Waals surface area contributed by atoms with Crippen molar-refractivity contribution in [3.63, 3.8) is 0 Å². The van der Waals surface area contributed by atoms with Crippen LogP contribution in [-0.4, -0.2) is 175 Å². The standard InChI is InChI=1S/C29H40N6O2.C26H36N6O2.C23H32N6O2/c1-6-29(7-2,35-16-14-33(15-17-35)22(4)36)23-8-9-25(27(18-23)34-12-10-21(3)11-13-34)32-28(37)26-19-24(30-5)20-31-26;1-19-9-13-32(14-10-19)22-17-20(26(2,3)34-16-15-31-11-5-6-12-31)7-8-21(22)29-25(33)24-28-18-23(27-4)30-24;1-16-8-11-29(12-9-16)19-14-17(23(2,3)26-10-13-31-5)6-7-18(19)27-22(30)21-25-15-20(24-4)28-21/h8-9,18-21,31H,6-7,10-17H2,1-4H3,(H,32,37);7-8,17-19H,5-6,9-16H2,1-3H3,(H,28,30)(H,29,33);6-7,14-16,26H,8-13H2,1-3,5H3,(H,25,28)(H,27,30). The summed E-state index contributed by atoms with van der Waals surface area (Å²) >= 11 is 0. The Morgan fingerprint density at radius 2 is 1.03 bits per heavy atom. The highest BCUT2D eigenvalue weighted by atomic mass is 16.5. The van der Waals surface area contributed by atoms with Gasteiger partial charge in [0.15, 0.2) is 0 Å². The number of aromatic amines is 3. The van der Waals surface area contributed by atoms with E-state index in [1.165, 1.54) is 43.9 Å². The maximum Gasteiger partial charge on any atom is 0.314 e. The fourth-order valence-corrected chi connectivity index (χ4v) is 14.4. The number of nitrogens with zero attached hydrogens (tertiary/aromatic N) is 11. The van der Waals surface area contributed by atoms with Gasteiger partial charge < -0.3 is 69.9 Å². The second kappa shape index (κ2) is 35.7. The van der Waals surface area contributed by atoms with Gasteiger partial charge in [0.25, 0.3) is 17.6 Å². The number of imidazole rings is 2. The molecule has 102 heavy (non-hydrogen) atoms. The van der Waals surface area contributed by atoms with E-state index in [9.17, 15) is 19.2 Å². The largest absolute Gasteiger partial charge is 0.383 e. The molecule has 11 rings (SSSR count). The molecular formula is C78H108N18O6. The van der Waals surface area contributed by atoms with Gasteiger partial charge in [0.05, 0.1) is 77.6 Å². The van der Waals surface area contributed by atoms with E-state index >= 15 is 0 Å². The van der Waals surface area contributed by atoms with Gasteiger partial charge in [-0.3, -0.25) is 34.0 Å². The lowest BCUT2D eigenvalue weighted by molar-refractivity contribution is -0.131. The first-order chi connectivity index (χ1) is 49.0. The first-order valence-electron chi connectivity index (χ1n) is 36.6. The molecule has 546 valence electrons. The summed E-state index contributed by atoms with van der Waals surface area (Å²) in [6, 6.07) is 20.4. The van der Waals surface area contributed by atoms with Crippen molar-refractivity contribution in [2.75, 3.05) is 143 Å². The molecule has 0 atom stereocenters. The van der Waals surface area contributed by atoms with E-state index in [0.717, 1.165) is 175 Å². The monoisotopic (exact) mass is 1390 g/mol. The SMILES string of the molecule is [C-]#[N+]c1c[nH]c(C(=O)Nc2ccc(C(CC)(CC)N3CCN(C(C)=O)CC3)cc2N2CCC(C)CC2)c1.[C-]#[N+]c1cnc(C(=O)Nc2ccc(C(C)(C)NCCOC)cc2N2CCC(C)CC2)[nH]1.[C-]#[N+]c1cnc(C(=O)Nc2ccc(C(C)(C)OCCN3CCCC3)cc2N2CCC(C)CC2)[nH]1. The van der Waals surface area contributed by atoms with Gasteiger partial charge in [-0.15, -0.1) is 0 Å². The zero-order valence-corrected chi connectivity index (χ0v) is 62.0. The van der Waals surface area contributed by atoms with Crippen LogP contribution in [0.15, 0.2) is 79.3 Å². The summed E-state index contributed by atoms with van der Waals surface area (Å²) in [5.74, 6) is 2.07. The molecule has 4 amide bonds. The van der Waals surface area contributed by atoms with Gasteiger partial charge in [-0.25, -0.2) is 14.8 Å². The van der Waals surface area contributed by atoms with E-state index in [1.54, 1.807) is 26.3 Å². The number of methoxy groups -OCH3 is 1. The van der Waals surface area contributed by atoms with Crippen LogP contribution < -0.4 is 36.0 Å². The molecule has 5 fully saturated rings. The van der Waals surface area contributed by atoms with Crippen LogP contribution in [-0.2, 0) is 30.9 Å². The quantitative estimate of drug-likeness (QED) is 0.0233. The third-order valence-electron chi connectivity index (χ3n) is 21.3. The molecule has 3 aromatic carbocycles. The number of carbonyl (C=O) groups is 4. The van der Waals surface area contributed by atoms with E-state index < -0.39 is 5.60 Å². The van der Waals surface area contributed by atoms with Crippen LogP contribution >= 0.6 is 0 Å². The lowest BCUT2D eigenvalue weighted by Crippen LogP contribution is -2.56. The molecule has 5 aliphatic heterocycles. The molecular weight excluding hydrogens is 1280 g/mol. The number of likely N-dealkylation sites (tertiary alicyclic amines) is 1. The molecule has 0 radical (unpaired) electrons. The number of hydrogen-bond donors (Lipinski definition) is 7. The predicted octanol–water partition coefficient (Wildman–Crippen LogP) is 14.0. The minimum atomic E-state index is -0.439. The number of nitrogens with one attached hydrogen (secondary N) is 7. The Kier molecular flexibility index (Phi) is 27.0. The fraction of sp³-hybridized carbons (Fsp3) is 0.551. The number of ether oxygens (including phenoxy) is 2. The predicted molar refractivity (Wildman–Crippen MR) is 405 cm³/mol. The lowest BCUT2D eigenvalue weighted by atomic mass is 9.81. The highest BCUT2D eigenvalue weighted by Gasteiger charge is 2.39. The first-order valence-corrected chi connectivity index (χ1v) is 36.6. The van der Waals surface area contributed by atoms with Crippen LogP contribution in [0.4, 0.5) is 51.4 Å². The van der Waals surface area contributed by atoms with Gasteiger partial charge in [-0.2, -0.15) is 0 Å². The molecule has 0 aliphatic carbocycles. The van der Waals surface area contributed by atoms with Crippen molar-refractivity contribution in [1.29, 1.82) is 0 Å². The third kappa shape index (κ3) is 19.7. The highest BCUT2D eigenvalue weighted by molar-refractivity contribution is 6.06. The molecule has 0 spiro atoms. The van der Waals surface area contributed by atoms with Gasteiger partial charge in [0.2, 0.25) is 23.2 Å². The van der Waals surface area contributed by atoms with Crippen molar-refractivity contribution < 1.29 is 28.7 Å². The molecule has 5 aliphatic rings. The van der Waals surface area contributed by atoms with Crippen molar-refractivity contribution >= 4 is 75.1 Å². The van der Waals surface area contributed by atoms with Gasteiger partial charge >= 0.3 is 11.8 Å². The Bertz CT molecular complexity index is 3900. The Balaban J connectivity index is 0.000000179. The summed E-state index contributed by atoms with van der Waals surface area (Å²) < 4.78 is 11.5. The van der Waals surface area contributed by atoms with Crippen molar-refractivity contribution in [2.45, 2.75) is 150 Å². The average Bonchev–Trinajstić information content (AvgIpc) is 0.818. The number of aromatic nitrogens is 5. The van der Waals surface area contributed by atoms with Crippen LogP contribution in [0.3, 0.4) is 0 Å². The smallest absolute Gasteiger partial charge is 0.314 e. The second-order valence-corrected chi connectivity index (χ2v) is 29.1. The van der Waals surface area contributed by atoms with E-state index in [0.29, 0.717) is 42.3 Å². The van der Waals surface area contributed by atoms with Crippen molar-refractivity contribution in [3.05, 3.63) is 148 Å². The second-order valence-electron chi connectivity index (χ2n) is 29.1. The number of piperidine rings is 3. The Hall–Kier alpha value is -9.09. The Morgan fingerprint density at radius 1 is 0.578 bits per heavy atom. The van der Waals surface area contributed by atoms with Crippen molar-refractivity contribution in [3.8, 4) is 0 Å². The molecule has 8 heterocycles. The number of anilines is 6. The topological polar surface area (TPSA) is 241 Å². The molecule has 24 heteroatoms. The summed E-state index contributed by atoms with van der Waals surface area (Å²) in [7, 11) is 1.70. The molecule has 5 saturated heterocycles. The molecule has 0 saturated carbocycles. The minimum Gasteiger partial charge on any atom is -0.383 e. The highest BCUT2D eigenvalue weighted by Crippen LogP contribution is 2.42. The number of rotatable bonds is 23. The zero-order valence-electron chi connectivity index (χ0n) is 62.0. The van der Waals surface area contributed by atoms with Crippen molar-refractivity contribution in [2.24, 2.45) is 17.8 Å². The maximum atomic E-state index is 13.1. The van der Waals surface area contributed by atoms with Crippen LogP contribution in [0.2, 0.25) is 0 Å². The van der Waals surface area contributed by atoms with Gasteiger partial charge in [-0.05, 0) is 182 Å². The number of carbonyl (C=O) groups excluding carboxylic acids is 4. The van der Waals surface area contributed by atoms with E-state index in [4.69, 9.17) is 29.2 Å². The first kappa shape index (κ1) is 77.1. The lowest BCUT2D eigenvalue weighted by Gasteiger charge is -2.48. The number of amides is 4. The average molecular weight is 1390 g/mol. The van der Waals surface area contributed by atoms with Gasteiger partial charge in [-0.1, -0.05) is 66.0 Å². The van der Waals surface area contributed by atoms with Crippen LogP contribution in [0, 0.1) is 37.5 Å². The molecule has 0 bridgehead atoms. The molecule has 0 unspecified atom stereocenters. The van der Waals surface area contributed by atoms with Gasteiger partial charge in [0, 0.05) is 110 Å². The summed E-state index contributed by atoms with van der Waals surface area (Å²) in [5, 5.41) is 12.6. The summed E-state index contributed by atoms with van der Waals surface area (Å²) in [4.78, 5) is 91.0. The Labute approximate surface area is 603 Å². The molecule has 24 nitrogen and oxygen atoms in total. The summed E-state index contributed by atoms with van der Waals surface area (Å²) in [6.45, 7) is 57.2. The number of piperazine rings is 1. The molecule has 7 N–H and O–H groups in total. The third-order valence-corrected chi connectivity index (χ3v) is 21.3. The van der Waals surface area contributed by atoms with E-state index in [1.807, 2.05) is 35.2 Å². The van der Waals surface area contributed by atoms with Crippen LogP contribution in [0.25, 0.3) is 14.5 Å².